The Morgan fingerprint density at radius 1 is 1.17 bits per heavy atom. The lowest BCUT2D eigenvalue weighted by atomic mass is 9.74. The summed E-state index contributed by atoms with van der Waals surface area (Å²) in [6.07, 6.45) is 1.25. The molecule has 0 radical (unpaired) electrons. The number of hydrogen-bond donors (Lipinski definition) is 1. The van der Waals surface area contributed by atoms with Gasteiger partial charge in [-0.15, -0.1) is 0 Å². The van der Waals surface area contributed by atoms with E-state index in [0.717, 1.165) is 12.0 Å². The molecule has 1 N–H and O–H groups in total. The van der Waals surface area contributed by atoms with Crippen LogP contribution in [0.5, 0.6) is 5.75 Å². The number of carbonyl (C=O) groups excluding carboxylic acids is 1. The monoisotopic (exact) mass is 238 g/mol. The zero-order valence-electron chi connectivity index (χ0n) is 9.97. The van der Waals surface area contributed by atoms with Gasteiger partial charge in [-0.2, -0.15) is 0 Å². The molecule has 90 valence electrons. The van der Waals surface area contributed by atoms with Crippen LogP contribution < -0.4 is 0 Å². The maximum Gasteiger partial charge on any atom is 0.145 e. The van der Waals surface area contributed by atoms with Crippen molar-refractivity contribution in [3.63, 3.8) is 0 Å². The number of benzene rings is 2. The zero-order chi connectivity index (χ0) is 12.5. The Balaban J connectivity index is 1.75. The van der Waals surface area contributed by atoms with Crippen molar-refractivity contribution in [3.8, 4) is 5.75 Å². The Kier molecular flexibility index (Phi) is 2.63. The molecule has 2 aromatic rings. The summed E-state index contributed by atoms with van der Waals surface area (Å²) in [4.78, 5) is 12.2. The highest BCUT2D eigenvalue weighted by Gasteiger charge is 2.31. The molecular formula is C16H14O2. The minimum atomic E-state index is 0.0450. The van der Waals surface area contributed by atoms with E-state index in [1.54, 1.807) is 18.2 Å². The normalized spacial score (nSPS) is 16.8. The topological polar surface area (TPSA) is 37.3 Å². The third-order valence-corrected chi connectivity index (χ3v) is 3.53. The number of fused-ring (bicyclic) bond motifs is 1. The Morgan fingerprint density at radius 2 is 2.00 bits per heavy atom. The van der Waals surface area contributed by atoms with Gasteiger partial charge in [-0.05, 0) is 35.2 Å². The van der Waals surface area contributed by atoms with Gasteiger partial charge in [0.2, 0.25) is 0 Å². The molecule has 0 saturated heterocycles. The summed E-state index contributed by atoms with van der Waals surface area (Å²) < 4.78 is 0. The lowest BCUT2D eigenvalue weighted by Gasteiger charge is -2.28. The van der Waals surface area contributed by atoms with Gasteiger partial charge in [0.25, 0.3) is 0 Å². The van der Waals surface area contributed by atoms with Crippen LogP contribution in [0.25, 0.3) is 0 Å². The first-order valence-electron chi connectivity index (χ1n) is 6.12. The molecule has 1 aliphatic rings. The number of ketones is 1. The average molecular weight is 238 g/mol. The van der Waals surface area contributed by atoms with Gasteiger partial charge in [0.05, 0.1) is 0 Å². The van der Waals surface area contributed by atoms with Crippen LogP contribution in [0.2, 0.25) is 0 Å². The van der Waals surface area contributed by atoms with Gasteiger partial charge in [-0.25, -0.2) is 0 Å². The molecule has 0 saturated carbocycles. The Hall–Kier alpha value is -2.09. The van der Waals surface area contributed by atoms with Gasteiger partial charge >= 0.3 is 0 Å². The first-order valence-corrected chi connectivity index (χ1v) is 6.12. The van der Waals surface area contributed by atoms with Crippen LogP contribution in [-0.2, 0) is 17.6 Å². The highest BCUT2D eigenvalue weighted by Crippen LogP contribution is 2.36. The Labute approximate surface area is 106 Å². The van der Waals surface area contributed by atoms with Gasteiger partial charge in [-0.1, -0.05) is 36.4 Å². The molecule has 0 fully saturated rings. The predicted octanol–water partition coefficient (Wildman–Crippen LogP) is 2.84. The van der Waals surface area contributed by atoms with Crippen molar-refractivity contribution < 1.29 is 9.90 Å². The molecule has 0 spiro atoms. The molecule has 18 heavy (non-hydrogen) atoms. The maximum absolute atomic E-state index is 12.2. The minimum absolute atomic E-state index is 0.0450. The molecule has 0 heterocycles. The van der Waals surface area contributed by atoms with Crippen molar-refractivity contribution in [1.29, 1.82) is 0 Å². The summed E-state index contributed by atoms with van der Waals surface area (Å²) in [6.45, 7) is 0. The van der Waals surface area contributed by atoms with Gasteiger partial charge in [0, 0.05) is 12.3 Å². The molecular weight excluding hydrogens is 224 g/mol. The smallest absolute Gasteiger partial charge is 0.145 e. The zero-order valence-corrected chi connectivity index (χ0v) is 9.97. The molecule has 0 bridgehead atoms. The summed E-state index contributed by atoms with van der Waals surface area (Å²) in [5, 5.41) is 9.38. The van der Waals surface area contributed by atoms with E-state index in [1.165, 1.54) is 11.1 Å². The largest absolute Gasteiger partial charge is 0.508 e. The highest BCUT2D eigenvalue weighted by atomic mass is 16.3. The first-order chi connectivity index (χ1) is 8.74. The van der Waals surface area contributed by atoms with E-state index in [0.29, 0.717) is 6.42 Å². The molecule has 0 aliphatic heterocycles. The summed E-state index contributed by atoms with van der Waals surface area (Å²) >= 11 is 0. The van der Waals surface area contributed by atoms with Crippen molar-refractivity contribution in [1.82, 2.24) is 0 Å². The molecule has 2 aromatic carbocycles. The van der Waals surface area contributed by atoms with Crippen LogP contribution in [0.4, 0.5) is 0 Å². The van der Waals surface area contributed by atoms with E-state index >= 15 is 0 Å². The number of phenols is 1. The number of phenolic OH excluding ortho intramolecular Hbond substituents is 1. The third kappa shape index (κ3) is 1.90. The molecule has 2 nitrogen and oxygen atoms in total. The first kappa shape index (κ1) is 11.0. The van der Waals surface area contributed by atoms with E-state index in [4.69, 9.17) is 0 Å². The molecule has 0 aromatic heterocycles. The van der Waals surface area contributed by atoms with E-state index in [1.807, 2.05) is 24.3 Å². The summed E-state index contributed by atoms with van der Waals surface area (Å²) in [7, 11) is 0. The van der Waals surface area contributed by atoms with Crippen molar-refractivity contribution in [2.75, 3.05) is 0 Å². The van der Waals surface area contributed by atoms with Gasteiger partial charge in [0.15, 0.2) is 0 Å². The second-order valence-corrected chi connectivity index (χ2v) is 4.77. The van der Waals surface area contributed by atoms with E-state index in [2.05, 4.69) is 6.07 Å². The van der Waals surface area contributed by atoms with E-state index < -0.39 is 0 Å². The van der Waals surface area contributed by atoms with Crippen LogP contribution in [0.3, 0.4) is 0 Å². The predicted molar refractivity (Wildman–Crippen MR) is 69.7 cm³/mol. The maximum atomic E-state index is 12.2. The van der Waals surface area contributed by atoms with Crippen molar-refractivity contribution in [3.05, 3.63) is 65.2 Å². The molecule has 1 unspecified atom stereocenters. The summed E-state index contributed by atoms with van der Waals surface area (Å²) in [6, 6.07) is 15.0. The molecule has 1 atom stereocenters. The SMILES string of the molecule is O=C(Cc1cccc(O)c1)C1Cc2ccccc21. The fourth-order valence-electron chi connectivity index (χ4n) is 2.54. The number of aromatic hydroxyl groups is 1. The van der Waals surface area contributed by atoms with Crippen molar-refractivity contribution >= 4 is 5.78 Å². The highest BCUT2D eigenvalue weighted by molar-refractivity contribution is 5.90. The Morgan fingerprint density at radius 3 is 2.78 bits per heavy atom. The van der Waals surface area contributed by atoms with Crippen molar-refractivity contribution in [2.45, 2.75) is 18.8 Å². The summed E-state index contributed by atoms with van der Waals surface area (Å²) in [5.74, 6) is 0.497. The number of hydrogen-bond acceptors (Lipinski definition) is 2. The number of carbonyl (C=O) groups is 1. The fraction of sp³-hybridized carbons (Fsp3) is 0.188. The fourth-order valence-corrected chi connectivity index (χ4v) is 2.54. The van der Waals surface area contributed by atoms with Gasteiger partial charge in [0.1, 0.15) is 11.5 Å². The van der Waals surface area contributed by atoms with Crippen LogP contribution in [-0.4, -0.2) is 10.9 Å². The molecule has 1 aliphatic carbocycles. The van der Waals surface area contributed by atoms with Crippen LogP contribution in [0, 0.1) is 0 Å². The molecule has 2 heteroatoms. The molecule has 0 amide bonds. The van der Waals surface area contributed by atoms with Gasteiger partial charge in [-0.3, -0.25) is 4.79 Å². The lowest BCUT2D eigenvalue weighted by Crippen LogP contribution is -2.26. The lowest BCUT2D eigenvalue weighted by molar-refractivity contribution is -0.120. The Bertz CT molecular complexity index is 602. The summed E-state index contributed by atoms with van der Waals surface area (Å²) in [5.41, 5.74) is 3.33. The third-order valence-electron chi connectivity index (χ3n) is 3.53. The quantitative estimate of drug-likeness (QED) is 0.892. The van der Waals surface area contributed by atoms with E-state index in [9.17, 15) is 9.90 Å². The standard InChI is InChI=1S/C16H14O2/c17-13-6-3-4-11(8-13)9-16(18)15-10-12-5-1-2-7-14(12)15/h1-8,15,17H,9-10H2. The van der Waals surface area contributed by atoms with Crippen LogP contribution >= 0.6 is 0 Å². The van der Waals surface area contributed by atoms with Crippen molar-refractivity contribution in [2.24, 2.45) is 0 Å². The number of Topliss-reactive ketones (excluding diaryl/α,β-unsaturated/α-hetero) is 1. The average Bonchev–Trinajstić information content (AvgIpc) is 2.30. The molecule has 3 rings (SSSR count). The van der Waals surface area contributed by atoms with Crippen LogP contribution in [0.15, 0.2) is 48.5 Å². The second-order valence-electron chi connectivity index (χ2n) is 4.77. The van der Waals surface area contributed by atoms with Gasteiger partial charge < -0.3 is 5.11 Å². The minimum Gasteiger partial charge on any atom is -0.508 e. The second kappa shape index (κ2) is 4.30. The van der Waals surface area contributed by atoms with Crippen LogP contribution in [0.1, 0.15) is 22.6 Å². The van der Waals surface area contributed by atoms with E-state index in [-0.39, 0.29) is 17.5 Å². The number of rotatable bonds is 3.